The van der Waals surface area contributed by atoms with Crippen LogP contribution in [0.5, 0.6) is 0 Å². The number of para-hydroxylation sites is 2. The minimum Gasteiger partial charge on any atom is -0.333 e. The second kappa shape index (κ2) is 3.75. The van der Waals surface area contributed by atoms with Crippen molar-refractivity contribution in [1.29, 1.82) is 5.16 Å². The van der Waals surface area contributed by atoms with E-state index in [4.69, 9.17) is 15.6 Å². The first kappa shape index (κ1) is 10.6. The molecule has 5 N–H and O–H groups in total. The van der Waals surface area contributed by atoms with Crippen LogP contribution in [0.25, 0.3) is 0 Å². The number of nitro groups is 1. The van der Waals surface area contributed by atoms with Gasteiger partial charge in [-0.05, 0) is 6.07 Å². The molecule has 0 bridgehead atoms. The smallest absolute Gasteiger partial charge is 0.292 e. The van der Waals surface area contributed by atoms with Crippen LogP contribution in [0, 0.1) is 15.3 Å². The van der Waals surface area contributed by atoms with Gasteiger partial charge in [-0.15, -0.1) is 0 Å². The molecule has 0 heterocycles. The molecule has 0 aromatic heterocycles. The fraction of sp³-hybridized carbons (Fsp3) is 0. The van der Waals surface area contributed by atoms with Gasteiger partial charge in [0.25, 0.3) is 5.69 Å². The summed E-state index contributed by atoms with van der Waals surface area (Å²) in [7, 11) is -3.51. The topological polar surface area (TPSA) is 125 Å². The number of hydrogen-bond acceptors (Lipinski definition) is 3. The number of nitrogens with two attached hydrogens (primary N) is 1. The third-order valence-corrected chi connectivity index (χ3v) is 1.97. The van der Waals surface area contributed by atoms with Crippen LogP contribution in [-0.2, 0) is 0 Å². The normalized spacial score (nSPS) is 14.4. The maximum atomic E-state index is 10.5. The predicted octanol–water partition coefficient (Wildman–Crippen LogP) is 1.48. The predicted molar refractivity (Wildman–Crippen MR) is 52.8 cm³/mol. The Morgan fingerprint density at radius 3 is 2.64 bits per heavy atom. The molecule has 0 fully saturated rings. The SMILES string of the molecule is N=P(N)(O)Nc1ccccc1[N+](=O)[O-]. The Bertz CT molecular complexity index is 402. The number of nitrogens with zero attached hydrogens (tertiary/aromatic N) is 1. The van der Waals surface area contributed by atoms with Crippen LogP contribution in [0.1, 0.15) is 0 Å². The minimum absolute atomic E-state index is 0.0471. The monoisotopic (exact) mass is 216 g/mol. The zero-order chi connectivity index (χ0) is 10.8. The third-order valence-electron chi connectivity index (χ3n) is 1.39. The second-order valence-electron chi connectivity index (χ2n) is 2.57. The number of nitrogens with one attached hydrogen (secondary N) is 2. The van der Waals surface area contributed by atoms with Gasteiger partial charge in [-0.1, -0.05) is 12.1 Å². The van der Waals surface area contributed by atoms with Crippen molar-refractivity contribution in [3.8, 4) is 0 Å². The summed E-state index contributed by atoms with van der Waals surface area (Å²) in [5.41, 5.74) is 4.86. The molecule has 1 aromatic rings. The van der Waals surface area contributed by atoms with Crippen molar-refractivity contribution >= 4 is 19.0 Å². The molecule has 0 aliphatic rings. The summed E-state index contributed by atoms with van der Waals surface area (Å²) >= 11 is 0. The first-order chi connectivity index (χ1) is 6.40. The quantitative estimate of drug-likeness (QED) is 0.346. The van der Waals surface area contributed by atoms with Crippen LogP contribution >= 0.6 is 7.58 Å². The van der Waals surface area contributed by atoms with Gasteiger partial charge in [0.05, 0.1) is 4.92 Å². The molecule has 1 rings (SSSR count). The van der Waals surface area contributed by atoms with Gasteiger partial charge < -0.3 is 9.98 Å². The number of hydrogen-bond donors (Lipinski definition) is 4. The first-order valence-electron chi connectivity index (χ1n) is 3.57. The van der Waals surface area contributed by atoms with E-state index in [9.17, 15) is 10.1 Å². The highest BCUT2D eigenvalue weighted by molar-refractivity contribution is 7.58. The summed E-state index contributed by atoms with van der Waals surface area (Å²) in [4.78, 5) is 18.9. The summed E-state index contributed by atoms with van der Waals surface area (Å²) in [6.45, 7) is 0. The lowest BCUT2D eigenvalue weighted by atomic mass is 10.3. The average molecular weight is 216 g/mol. The molecule has 0 amide bonds. The van der Waals surface area contributed by atoms with E-state index in [-0.39, 0.29) is 11.4 Å². The second-order valence-corrected chi connectivity index (χ2v) is 4.17. The van der Waals surface area contributed by atoms with E-state index < -0.39 is 12.5 Å². The summed E-state index contributed by atoms with van der Waals surface area (Å²) in [6, 6.07) is 5.68. The fourth-order valence-electron chi connectivity index (χ4n) is 0.911. The zero-order valence-corrected chi connectivity index (χ0v) is 7.94. The number of anilines is 1. The van der Waals surface area contributed by atoms with E-state index >= 15 is 0 Å². The van der Waals surface area contributed by atoms with E-state index in [1.807, 2.05) is 0 Å². The number of rotatable bonds is 3. The Labute approximate surface area is 79.7 Å². The molecule has 0 aliphatic carbocycles. The van der Waals surface area contributed by atoms with E-state index in [1.54, 1.807) is 6.07 Å². The van der Waals surface area contributed by atoms with Crippen LogP contribution in [0.15, 0.2) is 24.3 Å². The van der Waals surface area contributed by atoms with E-state index in [2.05, 4.69) is 5.09 Å². The summed E-state index contributed by atoms with van der Waals surface area (Å²) in [5, 5.41) is 19.7. The van der Waals surface area contributed by atoms with Gasteiger partial charge in [-0.3, -0.25) is 20.8 Å². The molecule has 1 aromatic carbocycles. The lowest BCUT2D eigenvalue weighted by molar-refractivity contribution is -0.383. The Morgan fingerprint density at radius 2 is 2.14 bits per heavy atom. The Hall–Kier alpha value is -1.43. The van der Waals surface area contributed by atoms with E-state index in [0.29, 0.717) is 0 Å². The Morgan fingerprint density at radius 1 is 1.57 bits per heavy atom. The Kier molecular flexibility index (Phi) is 2.85. The van der Waals surface area contributed by atoms with Crippen molar-refractivity contribution in [3.05, 3.63) is 34.4 Å². The lowest BCUT2D eigenvalue weighted by Crippen LogP contribution is -2.05. The molecular formula is C6H9N4O3P. The van der Waals surface area contributed by atoms with Crippen molar-refractivity contribution in [1.82, 2.24) is 0 Å². The van der Waals surface area contributed by atoms with Gasteiger partial charge in [0, 0.05) is 6.07 Å². The largest absolute Gasteiger partial charge is 0.333 e. The first-order valence-corrected chi connectivity index (χ1v) is 5.38. The van der Waals surface area contributed by atoms with Gasteiger partial charge in [0.15, 0.2) is 0 Å². The van der Waals surface area contributed by atoms with E-state index in [1.165, 1.54) is 18.2 Å². The molecule has 7 nitrogen and oxygen atoms in total. The molecule has 14 heavy (non-hydrogen) atoms. The molecule has 0 spiro atoms. The zero-order valence-electron chi connectivity index (χ0n) is 7.04. The van der Waals surface area contributed by atoms with Crippen LogP contribution in [-0.4, -0.2) is 9.82 Å². The standard InChI is InChI=1S/C6H9N4O3P/c7-14(8,13)9-5-3-1-2-4-6(5)10(11)12/h1-4H,(H5,7,8,9,13). The molecule has 8 heteroatoms. The van der Waals surface area contributed by atoms with Crippen molar-refractivity contribution in [2.75, 3.05) is 5.09 Å². The lowest BCUT2D eigenvalue weighted by Gasteiger charge is -2.11. The van der Waals surface area contributed by atoms with E-state index in [0.717, 1.165) is 0 Å². The Balaban J connectivity index is 3.08. The molecule has 0 radical (unpaired) electrons. The van der Waals surface area contributed by atoms with Crippen LogP contribution in [0.4, 0.5) is 11.4 Å². The minimum atomic E-state index is -3.51. The van der Waals surface area contributed by atoms with Gasteiger partial charge in [0.2, 0.25) is 7.58 Å². The van der Waals surface area contributed by atoms with Gasteiger partial charge in [-0.2, -0.15) is 0 Å². The highest BCUT2D eigenvalue weighted by Gasteiger charge is 2.15. The molecule has 1 atom stereocenters. The molecule has 0 saturated carbocycles. The van der Waals surface area contributed by atoms with Crippen molar-refractivity contribution < 1.29 is 9.82 Å². The maximum Gasteiger partial charge on any atom is 0.292 e. The van der Waals surface area contributed by atoms with Crippen molar-refractivity contribution in [3.63, 3.8) is 0 Å². The summed E-state index contributed by atoms with van der Waals surface area (Å²) in [6.07, 6.45) is 0. The number of nitro benzene ring substituents is 1. The molecular weight excluding hydrogens is 207 g/mol. The number of benzene rings is 1. The van der Waals surface area contributed by atoms with Crippen LogP contribution in [0.2, 0.25) is 0 Å². The summed E-state index contributed by atoms with van der Waals surface area (Å²) < 4.78 is 0. The molecule has 76 valence electrons. The average Bonchev–Trinajstić information content (AvgIpc) is 2.01. The highest BCUT2D eigenvalue weighted by atomic mass is 31.2. The van der Waals surface area contributed by atoms with Crippen molar-refractivity contribution in [2.24, 2.45) is 5.50 Å². The van der Waals surface area contributed by atoms with Gasteiger partial charge in [-0.25, -0.2) is 0 Å². The van der Waals surface area contributed by atoms with Gasteiger partial charge >= 0.3 is 0 Å². The van der Waals surface area contributed by atoms with Crippen molar-refractivity contribution in [2.45, 2.75) is 0 Å². The third kappa shape index (κ3) is 2.81. The molecule has 1 unspecified atom stereocenters. The maximum absolute atomic E-state index is 10.5. The fourth-order valence-corrected chi connectivity index (χ4v) is 1.47. The van der Waals surface area contributed by atoms with Crippen LogP contribution < -0.4 is 10.6 Å². The summed E-state index contributed by atoms with van der Waals surface area (Å²) in [5.74, 6) is 0. The highest BCUT2D eigenvalue weighted by Crippen LogP contribution is 2.36. The molecule has 0 saturated heterocycles. The van der Waals surface area contributed by atoms with Crippen LogP contribution in [0.3, 0.4) is 0 Å². The molecule has 0 aliphatic heterocycles. The van der Waals surface area contributed by atoms with Gasteiger partial charge in [0.1, 0.15) is 5.69 Å².